The number of hydrogen-bond donors (Lipinski definition) is 1. The molecule has 1 N–H and O–H groups in total. The molecule has 3 aromatic rings. The van der Waals surface area contributed by atoms with E-state index in [0.717, 1.165) is 28.5 Å². The molecule has 0 aliphatic heterocycles. The number of para-hydroxylation sites is 1. The second-order valence-corrected chi connectivity index (χ2v) is 6.38. The number of hydrogen-bond acceptors (Lipinski definition) is 2. The summed E-state index contributed by atoms with van der Waals surface area (Å²) in [6.45, 7) is 3.01. The highest BCUT2D eigenvalue weighted by molar-refractivity contribution is 5.91. The van der Waals surface area contributed by atoms with Crippen molar-refractivity contribution in [2.24, 2.45) is 0 Å². The number of carbonyl (C=O) groups excluding carboxylic acids is 1. The van der Waals surface area contributed by atoms with Crippen LogP contribution in [0.25, 0.3) is 10.8 Å². The van der Waals surface area contributed by atoms with Gasteiger partial charge in [0.2, 0.25) is 0 Å². The molecule has 4 nitrogen and oxygen atoms in total. The number of halogens is 1. The number of anilines is 1. The van der Waals surface area contributed by atoms with Gasteiger partial charge in [0.1, 0.15) is 11.6 Å². The maximum absolute atomic E-state index is 13.8. The summed E-state index contributed by atoms with van der Waals surface area (Å²) in [7, 11) is 1.68. The van der Waals surface area contributed by atoms with Crippen LogP contribution in [-0.2, 0) is 6.54 Å². The molecule has 3 aromatic carbocycles. The Hall–Kier alpha value is -3.08. The molecule has 0 spiro atoms. The maximum atomic E-state index is 13.8. The molecule has 0 aliphatic carbocycles. The van der Waals surface area contributed by atoms with Crippen molar-refractivity contribution >= 4 is 22.5 Å². The number of ether oxygens (including phenoxy) is 1. The van der Waals surface area contributed by atoms with Crippen molar-refractivity contribution in [2.75, 3.05) is 19.0 Å². The number of nitrogens with one attached hydrogen (secondary N) is 1. The van der Waals surface area contributed by atoms with Gasteiger partial charge >= 0.3 is 6.03 Å². The molecule has 0 fully saturated rings. The van der Waals surface area contributed by atoms with Gasteiger partial charge < -0.3 is 15.0 Å². The van der Waals surface area contributed by atoms with Crippen LogP contribution in [0.4, 0.5) is 14.9 Å². The highest BCUT2D eigenvalue weighted by Gasteiger charge is 2.16. The summed E-state index contributed by atoms with van der Waals surface area (Å²) in [5.74, 6) is 0.303. The Labute approximate surface area is 158 Å². The molecule has 27 heavy (non-hydrogen) atoms. The van der Waals surface area contributed by atoms with Crippen molar-refractivity contribution in [3.05, 3.63) is 72.0 Å². The van der Waals surface area contributed by atoms with E-state index < -0.39 is 5.82 Å². The average Bonchev–Trinajstić information content (AvgIpc) is 2.69. The fourth-order valence-electron chi connectivity index (χ4n) is 2.91. The lowest BCUT2D eigenvalue weighted by Crippen LogP contribution is -2.31. The van der Waals surface area contributed by atoms with Gasteiger partial charge in [-0.25, -0.2) is 9.18 Å². The Bertz CT molecular complexity index is 942. The van der Waals surface area contributed by atoms with Crippen molar-refractivity contribution in [1.29, 1.82) is 0 Å². The van der Waals surface area contributed by atoms with Gasteiger partial charge in [-0.1, -0.05) is 49.4 Å². The van der Waals surface area contributed by atoms with Crippen molar-refractivity contribution in [1.82, 2.24) is 4.90 Å². The van der Waals surface area contributed by atoms with Crippen LogP contribution in [0.2, 0.25) is 0 Å². The Kier molecular flexibility index (Phi) is 5.91. The van der Waals surface area contributed by atoms with Crippen LogP contribution in [0.5, 0.6) is 5.75 Å². The van der Waals surface area contributed by atoms with Gasteiger partial charge in [0.15, 0.2) is 0 Å². The van der Waals surface area contributed by atoms with Gasteiger partial charge in [-0.05, 0) is 35.4 Å². The summed E-state index contributed by atoms with van der Waals surface area (Å²) in [5.41, 5.74) is 1.10. The molecule has 0 radical (unpaired) electrons. The van der Waals surface area contributed by atoms with E-state index in [2.05, 4.69) is 12.2 Å². The summed E-state index contributed by atoms with van der Waals surface area (Å²) in [6, 6.07) is 17.7. The van der Waals surface area contributed by atoms with E-state index in [4.69, 9.17) is 4.74 Å². The lowest BCUT2D eigenvalue weighted by atomic mass is 10.0. The summed E-state index contributed by atoms with van der Waals surface area (Å²) in [4.78, 5) is 14.1. The first-order valence-electron chi connectivity index (χ1n) is 9.00. The second-order valence-electron chi connectivity index (χ2n) is 6.38. The number of nitrogens with zero attached hydrogens (tertiary/aromatic N) is 1. The Morgan fingerprint density at radius 3 is 2.59 bits per heavy atom. The molecule has 140 valence electrons. The number of urea groups is 1. The summed E-state index contributed by atoms with van der Waals surface area (Å²) in [5, 5.41) is 4.73. The third-order valence-corrected chi connectivity index (χ3v) is 4.32. The van der Waals surface area contributed by atoms with Crippen LogP contribution >= 0.6 is 0 Å². The quantitative estimate of drug-likeness (QED) is 0.632. The number of amides is 2. The third kappa shape index (κ3) is 4.37. The highest BCUT2D eigenvalue weighted by atomic mass is 19.1. The second kappa shape index (κ2) is 8.54. The highest BCUT2D eigenvalue weighted by Crippen LogP contribution is 2.29. The third-order valence-electron chi connectivity index (χ3n) is 4.32. The zero-order valence-corrected chi connectivity index (χ0v) is 15.5. The lowest BCUT2D eigenvalue weighted by Gasteiger charge is -2.21. The molecule has 0 unspecified atom stereocenters. The largest absolute Gasteiger partial charge is 0.493 e. The van der Waals surface area contributed by atoms with E-state index in [0.29, 0.717) is 13.2 Å². The van der Waals surface area contributed by atoms with Gasteiger partial charge in [0, 0.05) is 12.6 Å². The fraction of sp³-hybridized carbons (Fsp3) is 0.227. The van der Waals surface area contributed by atoms with Crippen molar-refractivity contribution in [3.63, 3.8) is 0 Å². The molecule has 0 atom stereocenters. The minimum Gasteiger partial charge on any atom is -0.493 e. The van der Waals surface area contributed by atoms with Crippen LogP contribution in [0.3, 0.4) is 0 Å². The summed E-state index contributed by atoms with van der Waals surface area (Å²) >= 11 is 0. The molecule has 0 aliphatic rings. The smallest absolute Gasteiger partial charge is 0.321 e. The van der Waals surface area contributed by atoms with Crippen LogP contribution in [0.15, 0.2) is 60.7 Å². The van der Waals surface area contributed by atoms with Gasteiger partial charge in [-0.3, -0.25) is 0 Å². The molecule has 0 bridgehead atoms. The predicted molar refractivity (Wildman–Crippen MR) is 107 cm³/mol. The number of fused-ring (bicyclic) bond motifs is 1. The molecule has 0 saturated carbocycles. The van der Waals surface area contributed by atoms with Crippen LogP contribution in [0, 0.1) is 5.82 Å². The molecule has 0 saturated heterocycles. The van der Waals surface area contributed by atoms with E-state index in [1.165, 1.54) is 17.0 Å². The zero-order valence-electron chi connectivity index (χ0n) is 15.5. The minimum absolute atomic E-state index is 0.162. The first kappa shape index (κ1) is 18.7. The van der Waals surface area contributed by atoms with Crippen molar-refractivity contribution in [3.8, 4) is 5.75 Å². The van der Waals surface area contributed by atoms with E-state index in [1.807, 2.05) is 36.4 Å². The first-order chi connectivity index (χ1) is 13.1. The van der Waals surface area contributed by atoms with Crippen LogP contribution in [-0.4, -0.2) is 24.6 Å². The van der Waals surface area contributed by atoms with E-state index in [9.17, 15) is 9.18 Å². The average molecular weight is 366 g/mol. The van der Waals surface area contributed by atoms with Gasteiger partial charge in [0.25, 0.3) is 0 Å². The van der Waals surface area contributed by atoms with E-state index >= 15 is 0 Å². The Morgan fingerprint density at radius 1 is 1.07 bits per heavy atom. The Balaban J connectivity index is 1.85. The summed E-state index contributed by atoms with van der Waals surface area (Å²) < 4.78 is 19.7. The summed E-state index contributed by atoms with van der Waals surface area (Å²) in [6.07, 6.45) is 0.899. The predicted octanol–water partition coefficient (Wildman–Crippen LogP) is 5.43. The van der Waals surface area contributed by atoms with Crippen LogP contribution in [0.1, 0.15) is 18.9 Å². The number of carbonyl (C=O) groups is 1. The van der Waals surface area contributed by atoms with Gasteiger partial charge in [-0.2, -0.15) is 0 Å². The molecule has 0 heterocycles. The Morgan fingerprint density at radius 2 is 1.81 bits per heavy atom. The van der Waals surface area contributed by atoms with Crippen LogP contribution < -0.4 is 10.1 Å². The van der Waals surface area contributed by atoms with Crippen molar-refractivity contribution in [2.45, 2.75) is 19.9 Å². The standard InChI is InChI=1S/C22H23FN2O2/c1-3-14-27-21-13-12-16-8-4-5-9-17(16)18(21)15-25(2)22(26)24-20-11-7-6-10-19(20)23/h4-13H,3,14-15H2,1-2H3,(H,24,26). The van der Waals surface area contributed by atoms with Crippen molar-refractivity contribution < 1.29 is 13.9 Å². The molecule has 2 amide bonds. The maximum Gasteiger partial charge on any atom is 0.321 e. The lowest BCUT2D eigenvalue weighted by molar-refractivity contribution is 0.219. The van der Waals surface area contributed by atoms with E-state index in [1.54, 1.807) is 19.2 Å². The molecular weight excluding hydrogens is 343 g/mol. The fourth-order valence-corrected chi connectivity index (χ4v) is 2.91. The van der Waals surface area contributed by atoms with Gasteiger partial charge in [-0.15, -0.1) is 0 Å². The SMILES string of the molecule is CCCOc1ccc2ccccc2c1CN(C)C(=O)Nc1ccccc1F. The topological polar surface area (TPSA) is 41.6 Å². The first-order valence-corrected chi connectivity index (χ1v) is 9.00. The number of benzene rings is 3. The molecule has 3 rings (SSSR count). The minimum atomic E-state index is -0.462. The normalized spacial score (nSPS) is 10.6. The molecule has 5 heteroatoms. The molecule has 0 aromatic heterocycles. The van der Waals surface area contributed by atoms with Gasteiger partial charge in [0.05, 0.1) is 18.8 Å². The zero-order chi connectivity index (χ0) is 19.2. The molecular formula is C22H23FN2O2. The monoisotopic (exact) mass is 366 g/mol. The number of rotatable bonds is 6. The van der Waals surface area contributed by atoms with E-state index in [-0.39, 0.29) is 11.7 Å².